The Hall–Kier alpha value is -1.55. The second-order valence-electron chi connectivity index (χ2n) is 5.86. The molecule has 1 rings (SSSR count). The molecular weight excluding hydrogens is 264 g/mol. The Kier molecular flexibility index (Phi) is 6.69. The van der Waals surface area contributed by atoms with Crippen molar-refractivity contribution < 1.29 is 9.90 Å². The molecule has 4 heteroatoms. The molecule has 118 valence electrons. The van der Waals surface area contributed by atoms with E-state index < -0.39 is 0 Å². The molecule has 0 aliphatic heterocycles. The van der Waals surface area contributed by atoms with Crippen molar-refractivity contribution in [3.05, 3.63) is 23.8 Å². The summed E-state index contributed by atoms with van der Waals surface area (Å²) >= 11 is 0. The number of anilines is 1. The fraction of sp³-hybridized carbons (Fsp3) is 0.588. The molecule has 4 nitrogen and oxygen atoms in total. The number of carbonyl (C=O) groups is 1. The highest BCUT2D eigenvalue weighted by molar-refractivity contribution is 5.95. The zero-order chi connectivity index (χ0) is 16.0. The normalized spacial score (nSPS) is 13.8. The first kappa shape index (κ1) is 17.5. The van der Waals surface area contributed by atoms with Gasteiger partial charge in [0.25, 0.3) is 0 Å². The van der Waals surface area contributed by atoms with Gasteiger partial charge in [0, 0.05) is 24.6 Å². The van der Waals surface area contributed by atoms with Crippen LogP contribution in [-0.4, -0.2) is 23.6 Å². The van der Waals surface area contributed by atoms with Crippen molar-refractivity contribution >= 4 is 11.6 Å². The predicted octanol–water partition coefficient (Wildman–Crippen LogP) is 3.21. The standard InChI is InChI=1S/C17H28N2O2/c1-5-19(16-11-15(20)10-9-12(16)2)17(21)13(3)7-6-8-14(4)18/h9-11,13-14,20H,5-8,18H2,1-4H3. The Morgan fingerprint density at radius 3 is 2.57 bits per heavy atom. The first-order chi connectivity index (χ1) is 9.86. The van der Waals surface area contributed by atoms with Gasteiger partial charge in [0.2, 0.25) is 5.91 Å². The van der Waals surface area contributed by atoms with Crippen molar-refractivity contribution in [2.75, 3.05) is 11.4 Å². The number of nitrogens with two attached hydrogens (primary N) is 1. The highest BCUT2D eigenvalue weighted by atomic mass is 16.3. The molecule has 1 aromatic rings. The van der Waals surface area contributed by atoms with E-state index in [4.69, 9.17) is 5.73 Å². The average Bonchev–Trinajstić information content (AvgIpc) is 2.42. The van der Waals surface area contributed by atoms with Crippen LogP contribution in [0.15, 0.2) is 18.2 Å². The molecule has 1 amide bonds. The van der Waals surface area contributed by atoms with E-state index in [1.54, 1.807) is 17.0 Å². The predicted molar refractivity (Wildman–Crippen MR) is 87.5 cm³/mol. The molecule has 2 unspecified atom stereocenters. The molecule has 0 aromatic heterocycles. The minimum Gasteiger partial charge on any atom is -0.508 e. The van der Waals surface area contributed by atoms with Gasteiger partial charge in [-0.2, -0.15) is 0 Å². The van der Waals surface area contributed by atoms with E-state index >= 15 is 0 Å². The van der Waals surface area contributed by atoms with Crippen LogP contribution in [0.3, 0.4) is 0 Å². The molecule has 0 fully saturated rings. The summed E-state index contributed by atoms with van der Waals surface area (Å²) in [6.45, 7) is 8.45. The number of rotatable bonds is 7. The van der Waals surface area contributed by atoms with E-state index in [9.17, 15) is 9.90 Å². The first-order valence-electron chi connectivity index (χ1n) is 7.73. The van der Waals surface area contributed by atoms with Crippen molar-refractivity contribution in [2.24, 2.45) is 11.7 Å². The Morgan fingerprint density at radius 1 is 1.33 bits per heavy atom. The van der Waals surface area contributed by atoms with Gasteiger partial charge >= 0.3 is 0 Å². The number of aryl methyl sites for hydroxylation is 1. The van der Waals surface area contributed by atoms with E-state index in [0.717, 1.165) is 30.5 Å². The van der Waals surface area contributed by atoms with E-state index in [1.165, 1.54) is 0 Å². The monoisotopic (exact) mass is 292 g/mol. The van der Waals surface area contributed by atoms with Crippen LogP contribution in [0, 0.1) is 12.8 Å². The van der Waals surface area contributed by atoms with Gasteiger partial charge in [-0.3, -0.25) is 4.79 Å². The maximum absolute atomic E-state index is 12.6. The van der Waals surface area contributed by atoms with Gasteiger partial charge in [-0.05, 0) is 45.2 Å². The Labute approximate surface area is 128 Å². The molecule has 0 heterocycles. The highest BCUT2D eigenvalue weighted by Crippen LogP contribution is 2.27. The molecule has 0 bridgehead atoms. The lowest BCUT2D eigenvalue weighted by molar-refractivity contribution is -0.122. The Bertz CT molecular complexity index is 472. The molecule has 0 saturated heterocycles. The van der Waals surface area contributed by atoms with Crippen molar-refractivity contribution in [2.45, 2.75) is 53.0 Å². The summed E-state index contributed by atoms with van der Waals surface area (Å²) in [6, 6.07) is 5.32. The second-order valence-corrected chi connectivity index (χ2v) is 5.86. The molecule has 2 atom stereocenters. The number of phenolic OH excluding ortho intramolecular Hbond substituents is 1. The summed E-state index contributed by atoms with van der Waals surface area (Å²) in [5, 5.41) is 9.65. The first-order valence-corrected chi connectivity index (χ1v) is 7.73. The van der Waals surface area contributed by atoms with Gasteiger partial charge in [-0.15, -0.1) is 0 Å². The molecule has 0 radical (unpaired) electrons. The fourth-order valence-electron chi connectivity index (χ4n) is 2.47. The largest absolute Gasteiger partial charge is 0.508 e. The van der Waals surface area contributed by atoms with Crippen LogP contribution in [0.5, 0.6) is 5.75 Å². The highest BCUT2D eigenvalue weighted by Gasteiger charge is 2.22. The molecule has 1 aromatic carbocycles. The summed E-state index contributed by atoms with van der Waals surface area (Å²) in [6.07, 6.45) is 2.74. The molecule has 0 aliphatic rings. The third-order valence-corrected chi connectivity index (χ3v) is 3.78. The summed E-state index contributed by atoms with van der Waals surface area (Å²) in [4.78, 5) is 14.4. The number of nitrogens with zero attached hydrogens (tertiary/aromatic N) is 1. The van der Waals surface area contributed by atoms with E-state index in [-0.39, 0.29) is 23.6 Å². The zero-order valence-corrected chi connectivity index (χ0v) is 13.6. The lowest BCUT2D eigenvalue weighted by Crippen LogP contribution is -2.35. The van der Waals surface area contributed by atoms with E-state index in [1.807, 2.05) is 33.8 Å². The van der Waals surface area contributed by atoms with Crippen LogP contribution in [-0.2, 0) is 4.79 Å². The minimum atomic E-state index is -0.0366. The Balaban J connectivity index is 2.79. The summed E-state index contributed by atoms with van der Waals surface area (Å²) in [7, 11) is 0. The smallest absolute Gasteiger partial charge is 0.229 e. The van der Waals surface area contributed by atoms with E-state index in [2.05, 4.69) is 0 Å². The van der Waals surface area contributed by atoms with Gasteiger partial charge in [-0.1, -0.05) is 19.4 Å². The van der Waals surface area contributed by atoms with Crippen molar-refractivity contribution in [3.63, 3.8) is 0 Å². The maximum Gasteiger partial charge on any atom is 0.229 e. The third kappa shape index (κ3) is 5.05. The molecule has 3 N–H and O–H groups in total. The van der Waals surface area contributed by atoms with Crippen LogP contribution in [0.1, 0.15) is 45.6 Å². The minimum absolute atomic E-state index is 0.0366. The molecule has 0 spiro atoms. The van der Waals surface area contributed by atoms with Crippen LogP contribution < -0.4 is 10.6 Å². The lowest BCUT2D eigenvalue weighted by Gasteiger charge is -2.26. The number of phenols is 1. The Morgan fingerprint density at radius 2 is 2.00 bits per heavy atom. The van der Waals surface area contributed by atoms with Gasteiger partial charge < -0.3 is 15.7 Å². The van der Waals surface area contributed by atoms with Crippen LogP contribution >= 0.6 is 0 Å². The topological polar surface area (TPSA) is 66.6 Å². The van der Waals surface area contributed by atoms with Crippen LogP contribution in [0.25, 0.3) is 0 Å². The van der Waals surface area contributed by atoms with Gasteiger partial charge in [0.15, 0.2) is 0 Å². The molecular formula is C17H28N2O2. The van der Waals surface area contributed by atoms with Crippen LogP contribution in [0.4, 0.5) is 5.69 Å². The number of amides is 1. The number of hydrogen-bond acceptors (Lipinski definition) is 3. The zero-order valence-electron chi connectivity index (χ0n) is 13.6. The average molecular weight is 292 g/mol. The molecule has 0 aliphatic carbocycles. The molecule has 21 heavy (non-hydrogen) atoms. The summed E-state index contributed by atoms with van der Waals surface area (Å²) < 4.78 is 0. The second kappa shape index (κ2) is 8.03. The lowest BCUT2D eigenvalue weighted by atomic mass is 10.00. The molecule has 0 saturated carbocycles. The van der Waals surface area contributed by atoms with Gasteiger partial charge in [-0.25, -0.2) is 0 Å². The number of aromatic hydroxyl groups is 1. The quantitative estimate of drug-likeness (QED) is 0.811. The number of carbonyl (C=O) groups excluding carboxylic acids is 1. The van der Waals surface area contributed by atoms with E-state index in [0.29, 0.717) is 6.54 Å². The fourth-order valence-corrected chi connectivity index (χ4v) is 2.47. The van der Waals surface area contributed by atoms with Crippen molar-refractivity contribution in [1.29, 1.82) is 0 Å². The number of benzene rings is 1. The maximum atomic E-state index is 12.6. The summed E-state index contributed by atoms with van der Waals surface area (Å²) in [5.41, 5.74) is 7.53. The number of hydrogen-bond donors (Lipinski definition) is 2. The van der Waals surface area contributed by atoms with Gasteiger partial charge in [0.05, 0.1) is 5.69 Å². The third-order valence-electron chi connectivity index (χ3n) is 3.78. The SMILES string of the molecule is CCN(C(=O)C(C)CCCC(C)N)c1cc(O)ccc1C. The summed E-state index contributed by atoms with van der Waals surface area (Å²) in [5.74, 6) is 0.257. The van der Waals surface area contributed by atoms with Gasteiger partial charge in [0.1, 0.15) is 5.75 Å². The van der Waals surface area contributed by atoms with Crippen LogP contribution in [0.2, 0.25) is 0 Å². The van der Waals surface area contributed by atoms with Crippen molar-refractivity contribution in [3.8, 4) is 5.75 Å². The van der Waals surface area contributed by atoms with Crippen molar-refractivity contribution in [1.82, 2.24) is 0 Å².